The van der Waals surface area contributed by atoms with Gasteiger partial charge in [0, 0.05) is 43.1 Å². The summed E-state index contributed by atoms with van der Waals surface area (Å²) >= 11 is 5.92. The number of benzene rings is 2. The van der Waals surface area contributed by atoms with Crippen LogP contribution in [0, 0.1) is 5.82 Å². The van der Waals surface area contributed by atoms with Crippen LogP contribution in [-0.4, -0.2) is 36.1 Å². The van der Waals surface area contributed by atoms with Crippen molar-refractivity contribution in [2.75, 3.05) is 41.3 Å². The highest BCUT2D eigenvalue weighted by Crippen LogP contribution is 2.23. The average Bonchev–Trinajstić information content (AvgIpc) is 2.71. The molecule has 0 radical (unpaired) electrons. The summed E-state index contributed by atoms with van der Waals surface area (Å²) in [7, 11) is 0. The Morgan fingerprint density at radius 1 is 0.889 bits per heavy atom. The minimum atomic E-state index is -0.184. The van der Waals surface area contributed by atoms with Gasteiger partial charge >= 0.3 is 0 Å². The maximum Gasteiger partial charge on any atom is 0.227 e. The van der Waals surface area contributed by atoms with E-state index in [9.17, 15) is 4.39 Å². The second-order valence-electron chi connectivity index (χ2n) is 6.30. The van der Waals surface area contributed by atoms with E-state index >= 15 is 0 Å². The number of para-hydroxylation sites is 1. The van der Waals surface area contributed by atoms with Crippen molar-refractivity contribution in [3.05, 3.63) is 71.6 Å². The summed E-state index contributed by atoms with van der Waals surface area (Å²) in [5.41, 5.74) is 1.56. The Morgan fingerprint density at radius 2 is 1.59 bits per heavy atom. The lowest BCUT2D eigenvalue weighted by molar-refractivity contribution is 0.594. The van der Waals surface area contributed by atoms with Crippen LogP contribution in [0.1, 0.15) is 0 Å². The fraction of sp³-hybridized carbons (Fsp3) is 0.200. The minimum absolute atomic E-state index is 0.184. The first-order valence-electron chi connectivity index (χ1n) is 8.79. The van der Waals surface area contributed by atoms with Gasteiger partial charge in [-0.25, -0.2) is 9.37 Å². The van der Waals surface area contributed by atoms with Crippen molar-refractivity contribution in [2.45, 2.75) is 0 Å². The molecule has 4 rings (SSSR count). The second kappa shape index (κ2) is 7.80. The van der Waals surface area contributed by atoms with Crippen LogP contribution in [0.15, 0.2) is 60.8 Å². The van der Waals surface area contributed by atoms with Gasteiger partial charge in [-0.1, -0.05) is 23.7 Å². The molecule has 2 aromatic carbocycles. The van der Waals surface area contributed by atoms with Gasteiger partial charge in [-0.05, 0) is 42.5 Å². The summed E-state index contributed by atoms with van der Waals surface area (Å²) in [5.74, 6) is 1.21. The smallest absolute Gasteiger partial charge is 0.227 e. The van der Waals surface area contributed by atoms with E-state index in [2.05, 4.69) is 25.1 Å². The molecule has 1 saturated heterocycles. The molecule has 1 fully saturated rings. The first-order chi connectivity index (χ1) is 13.2. The number of aromatic nitrogens is 2. The Balaban J connectivity index is 1.42. The van der Waals surface area contributed by atoms with Gasteiger partial charge in [0.1, 0.15) is 11.6 Å². The molecule has 3 aromatic rings. The Labute approximate surface area is 162 Å². The van der Waals surface area contributed by atoms with E-state index in [1.54, 1.807) is 12.3 Å². The van der Waals surface area contributed by atoms with Gasteiger partial charge in [-0.3, -0.25) is 0 Å². The van der Waals surface area contributed by atoms with E-state index < -0.39 is 0 Å². The summed E-state index contributed by atoms with van der Waals surface area (Å²) in [5, 5.41) is 3.95. The molecule has 0 amide bonds. The first-order valence-corrected chi connectivity index (χ1v) is 9.17. The molecule has 0 bridgehead atoms. The van der Waals surface area contributed by atoms with Crippen LogP contribution in [0.4, 0.5) is 27.5 Å². The Kier molecular flexibility index (Phi) is 5.07. The fourth-order valence-corrected chi connectivity index (χ4v) is 3.23. The van der Waals surface area contributed by atoms with Gasteiger partial charge < -0.3 is 15.1 Å². The lowest BCUT2D eigenvalue weighted by Crippen LogP contribution is -2.47. The van der Waals surface area contributed by atoms with Crippen molar-refractivity contribution in [1.29, 1.82) is 0 Å². The van der Waals surface area contributed by atoms with Gasteiger partial charge in [0.2, 0.25) is 5.95 Å². The van der Waals surface area contributed by atoms with Crippen LogP contribution >= 0.6 is 11.6 Å². The van der Waals surface area contributed by atoms with Gasteiger partial charge in [0.15, 0.2) is 0 Å². The van der Waals surface area contributed by atoms with E-state index in [0.717, 1.165) is 37.7 Å². The number of hydrogen-bond donors (Lipinski definition) is 1. The van der Waals surface area contributed by atoms with E-state index in [4.69, 9.17) is 11.6 Å². The normalized spacial score (nSPS) is 14.3. The third kappa shape index (κ3) is 4.11. The van der Waals surface area contributed by atoms with Crippen LogP contribution in [0.25, 0.3) is 0 Å². The number of piperazine rings is 1. The van der Waals surface area contributed by atoms with Gasteiger partial charge in [0.05, 0.1) is 5.69 Å². The number of rotatable bonds is 4. The zero-order valence-corrected chi connectivity index (χ0v) is 15.4. The molecular formula is C20H19ClFN5. The predicted molar refractivity (Wildman–Crippen MR) is 108 cm³/mol. The lowest BCUT2D eigenvalue weighted by Gasteiger charge is -2.36. The molecule has 2 heterocycles. The number of hydrogen-bond acceptors (Lipinski definition) is 5. The molecule has 1 aliphatic rings. The van der Waals surface area contributed by atoms with Crippen molar-refractivity contribution in [1.82, 2.24) is 9.97 Å². The SMILES string of the molecule is Fc1ccccc1N1CCN(c2nccc(Nc3ccc(Cl)cc3)n2)CC1. The quantitative estimate of drug-likeness (QED) is 0.726. The van der Waals surface area contributed by atoms with Crippen LogP contribution in [0.2, 0.25) is 5.02 Å². The van der Waals surface area contributed by atoms with Crippen LogP contribution in [0.5, 0.6) is 0 Å². The summed E-state index contributed by atoms with van der Waals surface area (Å²) in [6.07, 6.45) is 1.74. The number of anilines is 4. The van der Waals surface area contributed by atoms with Crippen LogP contribution < -0.4 is 15.1 Å². The van der Waals surface area contributed by atoms with Gasteiger partial charge in [0.25, 0.3) is 0 Å². The zero-order valence-electron chi connectivity index (χ0n) is 14.6. The third-order valence-electron chi connectivity index (χ3n) is 4.52. The van der Waals surface area contributed by atoms with Gasteiger partial charge in [-0.2, -0.15) is 4.98 Å². The van der Waals surface area contributed by atoms with Crippen molar-refractivity contribution in [3.63, 3.8) is 0 Å². The summed E-state index contributed by atoms with van der Waals surface area (Å²) in [6.45, 7) is 2.91. The molecule has 0 saturated carbocycles. The van der Waals surface area contributed by atoms with Gasteiger partial charge in [-0.15, -0.1) is 0 Å². The van der Waals surface area contributed by atoms with Crippen molar-refractivity contribution in [2.24, 2.45) is 0 Å². The Morgan fingerprint density at radius 3 is 2.33 bits per heavy atom. The van der Waals surface area contributed by atoms with E-state index in [1.165, 1.54) is 6.07 Å². The highest BCUT2D eigenvalue weighted by molar-refractivity contribution is 6.30. The monoisotopic (exact) mass is 383 g/mol. The van der Waals surface area contributed by atoms with E-state index in [-0.39, 0.29) is 5.82 Å². The highest BCUT2D eigenvalue weighted by atomic mass is 35.5. The van der Waals surface area contributed by atoms with Crippen molar-refractivity contribution in [3.8, 4) is 0 Å². The molecule has 138 valence electrons. The molecule has 0 aliphatic carbocycles. The molecule has 0 atom stereocenters. The second-order valence-corrected chi connectivity index (χ2v) is 6.74. The van der Waals surface area contributed by atoms with Crippen LogP contribution in [-0.2, 0) is 0 Å². The molecule has 0 unspecified atom stereocenters. The first kappa shape index (κ1) is 17.5. The molecule has 5 nitrogen and oxygen atoms in total. The zero-order chi connectivity index (χ0) is 18.6. The third-order valence-corrected chi connectivity index (χ3v) is 4.77. The number of nitrogens with zero attached hydrogens (tertiary/aromatic N) is 4. The minimum Gasteiger partial charge on any atom is -0.366 e. The Bertz CT molecular complexity index is 910. The van der Waals surface area contributed by atoms with Crippen LogP contribution in [0.3, 0.4) is 0 Å². The molecule has 1 aromatic heterocycles. The largest absolute Gasteiger partial charge is 0.366 e. The van der Waals surface area contributed by atoms with E-state index in [1.807, 2.05) is 42.5 Å². The molecule has 1 aliphatic heterocycles. The lowest BCUT2D eigenvalue weighted by atomic mass is 10.2. The Hall–Kier alpha value is -2.86. The van der Waals surface area contributed by atoms with E-state index in [0.29, 0.717) is 16.7 Å². The summed E-state index contributed by atoms with van der Waals surface area (Å²) < 4.78 is 14.0. The maximum atomic E-state index is 14.0. The number of nitrogens with one attached hydrogen (secondary N) is 1. The molecule has 1 N–H and O–H groups in total. The summed E-state index contributed by atoms with van der Waals surface area (Å²) in [4.78, 5) is 13.2. The predicted octanol–water partition coefficient (Wildman–Crippen LogP) is 4.34. The molecule has 0 spiro atoms. The average molecular weight is 384 g/mol. The standard InChI is InChI=1S/C20H19ClFN5/c21-15-5-7-16(8-6-15)24-19-9-10-23-20(25-19)27-13-11-26(12-14-27)18-4-2-1-3-17(18)22/h1-10H,11-14H2,(H,23,24,25). The van der Waals surface area contributed by atoms with Crippen molar-refractivity contribution < 1.29 is 4.39 Å². The summed E-state index contributed by atoms with van der Waals surface area (Å²) in [6, 6.07) is 16.2. The van der Waals surface area contributed by atoms with Crippen molar-refractivity contribution >= 4 is 34.7 Å². The molecule has 7 heteroatoms. The number of halogens is 2. The fourth-order valence-electron chi connectivity index (χ4n) is 3.11. The topological polar surface area (TPSA) is 44.3 Å². The highest BCUT2D eigenvalue weighted by Gasteiger charge is 2.21. The maximum absolute atomic E-state index is 14.0. The molecular weight excluding hydrogens is 365 g/mol. The molecule has 27 heavy (non-hydrogen) atoms.